The second-order valence-corrected chi connectivity index (χ2v) is 7.45. The lowest BCUT2D eigenvalue weighted by Crippen LogP contribution is -2.45. The molecule has 0 bridgehead atoms. The number of piperidine rings is 1. The monoisotopic (exact) mass is 403 g/mol. The average Bonchev–Trinajstić information content (AvgIpc) is 3.23. The molecule has 2 aromatic carbocycles. The van der Waals surface area contributed by atoms with Crippen molar-refractivity contribution in [3.63, 3.8) is 0 Å². The summed E-state index contributed by atoms with van der Waals surface area (Å²) in [5, 5.41) is 13.6. The van der Waals surface area contributed by atoms with Crippen molar-refractivity contribution in [3.05, 3.63) is 78.1 Å². The lowest BCUT2D eigenvalue weighted by atomic mass is 10.1. The van der Waals surface area contributed by atoms with Gasteiger partial charge in [0.25, 0.3) is 5.91 Å². The van der Waals surface area contributed by atoms with Crippen LogP contribution in [0, 0.1) is 0 Å². The zero-order chi connectivity index (χ0) is 20.8. The van der Waals surface area contributed by atoms with Gasteiger partial charge >= 0.3 is 0 Å². The number of anilines is 1. The van der Waals surface area contributed by atoms with Gasteiger partial charge in [0.15, 0.2) is 0 Å². The van der Waals surface area contributed by atoms with Crippen LogP contribution in [0.1, 0.15) is 28.8 Å². The molecule has 30 heavy (non-hydrogen) atoms. The first-order chi connectivity index (χ1) is 14.7. The molecule has 1 aliphatic rings. The van der Waals surface area contributed by atoms with E-state index < -0.39 is 0 Å². The largest absolute Gasteiger partial charge is 0.348 e. The molecule has 0 saturated carbocycles. The maximum Gasteiger partial charge on any atom is 0.251 e. The molecule has 3 aromatic rings. The number of hydrogen-bond acceptors (Lipinski definition) is 4. The highest BCUT2D eigenvalue weighted by Gasteiger charge is 2.16. The quantitative estimate of drug-likeness (QED) is 0.590. The zero-order valence-corrected chi connectivity index (χ0v) is 16.7. The fourth-order valence-corrected chi connectivity index (χ4v) is 3.55. The van der Waals surface area contributed by atoms with Crippen LogP contribution in [0.2, 0.25) is 0 Å². The van der Waals surface area contributed by atoms with Crippen LogP contribution in [0.25, 0.3) is 5.69 Å². The Morgan fingerprint density at radius 3 is 2.80 bits per heavy atom. The third-order valence-corrected chi connectivity index (χ3v) is 5.08. The third-order valence-electron chi connectivity index (χ3n) is 5.08. The van der Waals surface area contributed by atoms with Gasteiger partial charge in [-0.25, -0.2) is 4.68 Å². The number of carbonyl (C=O) groups is 2. The normalized spacial score (nSPS) is 16.1. The van der Waals surface area contributed by atoms with Crippen LogP contribution in [-0.2, 0) is 11.2 Å². The van der Waals surface area contributed by atoms with Gasteiger partial charge in [0.05, 0.1) is 30.2 Å². The number of carbonyl (C=O) groups excluding carboxylic acids is 2. The molecule has 3 N–H and O–H groups in total. The van der Waals surface area contributed by atoms with Gasteiger partial charge < -0.3 is 16.0 Å². The molecule has 7 nitrogen and oxygen atoms in total. The number of nitrogens with one attached hydrogen (secondary N) is 3. The van der Waals surface area contributed by atoms with Crippen LogP contribution >= 0.6 is 0 Å². The molecular weight excluding hydrogens is 378 g/mol. The molecule has 7 heteroatoms. The molecule has 1 fully saturated rings. The van der Waals surface area contributed by atoms with E-state index in [0.29, 0.717) is 17.7 Å². The van der Waals surface area contributed by atoms with Gasteiger partial charge in [0.2, 0.25) is 5.91 Å². The number of aromatic nitrogens is 2. The van der Waals surface area contributed by atoms with Crippen molar-refractivity contribution in [2.45, 2.75) is 25.3 Å². The Bertz CT molecular complexity index is 1010. The summed E-state index contributed by atoms with van der Waals surface area (Å²) in [6.07, 6.45) is 5.70. The summed E-state index contributed by atoms with van der Waals surface area (Å²) >= 11 is 0. The van der Waals surface area contributed by atoms with Crippen molar-refractivity contribution in [1.82, 2.24) is 20.4 Å². The fraction of sp³-hybridized carbons (Fsp3) is 0.261. The minimum Gasteiger partial charge on any atom is -0.348 e. The summed E-state index contributed by atoms with van der Waals surface area (Å²) in [7, 11) is 0. The standard InChI is InChI=1S/C23H25N5O2/c29-22(12-17-6-2-1-3-7-17)26-20-15-25-28(16-20)21-10-4-8-18(13-21)23(30)27-19-9-5-11-24-14-19/h1-4,6-8,10,13,15-16,19,24H,5,9,11-12,14H2,(H,26,29)(H,27,30)/t19-/m0/s1. The van der Waals surface area contributed by atoms with Crippen molar-refractivity contribution < 1.29 is 9.59 Å². The molecule has 1 aliphatic heterocycles. The van der Waals surface area contributed by atoms with E-state index in [9.17, 15) is 9.59 Å². The van der Waals surface area contributed by atoms with Gasteiger partial charge in [0.1, 0.15) is 0 Å². The highest BCUT2D eigenvalue weighted by molar-refractivity contribution is 5.95. The highest BCUT2D eigenvalue weighted by Crippen LogP contribution is 2.15. The summed E-state index contributed by atoms with van der Waals surface area (Å²) in [4.78, 5) is 24.8. The first-order valence-electron chi connectivity index (χ1n) is 10.2. The molecular formula is C23H25N5O2. The first kappa shape index (κ1) is 19.8. The SMILES string of the molecule is O=C(Cc1ccccc1)Nc1cnn(-c2cccc(C(=O)N[C@H]3CCCNC3)c2)c1. The average molecular weight is 403 g/mol. The fourth-order valence-electron chi connectivity index (χ4n) is 3.55. The van der Waals surface area contributed by atoms with Gasteiger partial charge in [0, 0.05) is 18.2 Å². The zero-order valence-electron chi connectivity index (χ0n) is 16.7. The van der Waals surface area contributed by atoms with Crippen LogP contribution in [0.4, 0.5) is 5.69 Å². The third kappa shape index (κ3) is 5.12. The Morgan fingerprint density at radius 2 is 2.00 bits per heavy atom. The highest BCUT2D eigenvalue weighted by atomic mass is 16.2. The Labute approximate surface area is 175 Å². The molecule has 2 amide bonds. The van der Waals surface area contributed by atoms with E-state index >= 15 is 0 Å². The van der Waals surface area contributed by atoms with E-state index in [4.69, 9.17) is 0 Å². The first-order valence-corrected chi connectivity index (χ1v) is 10.2. The molecule has 2 heterocycles. The van der Waals surface area contributed by atoms with Crippen molar-refractivity contribution in [3.8, 4) is 5.69 Å². The van der Waals surface area contributed by atoms with E-state index in [0.717, 1.165) is 37.2 Å². The lowest BCUT2D eigenvalue weighted by Gasteiger charge is -2.23. The molecule has 0 aliphatic carbocycles. The van der Waals surface area contributed by atoms with Gasteiger partial charge in [-0.3, -0.25) is 9.59 Å². The van der Waals surface area contributed by atoms with Crippen LogP contribution in [0.5, 0.6) is 0 Å². The topological polar surface area (TPSA) is 88.0 Å². The Hall–Kier alpha value is -3.45. The summed E-state index contributed by atoms with van der Waals surface area (Å²) < 4.78 is 1.65. The molecule has 0 unspecified atom stereocenters. The molecule has 154 valence electrons. The predicted octanol–water partition coefficient (Wildman–Crippen LogP) is 2.54. The van der Waals surface area contributed by atoms with Crippen molar-refractivity contribution in [1.29, 1.82) is 0 Å². The maximum absolute atomic E-state index is 12.6. The second kappa shape index (κ2) is 9.37. The Morgan fingerprint density at radius 1 is 1.13 bits per heavy atom. The van der Waals surface area contributed by atoms with E-state index in [1.54, 1.807) is 29.2 Å². The summed E-state index contributed by atoms with van der Waals surface area (Å²) in [6, 6.07) is 17.0. The number of hydrogen-bond donors (Lipinski definition) is 3. The minimum absolute atomic E-state index is 0.0888. The van der Waals surface area contributed by atoms with Gasteiger partial charge in [-0.1, -0.05) is 36.4 Å². The predicted molar refractivity (Wildman–Crippen MR) is 116 cm³/mol. The van der Waals surface area contributed by atoms with Crippen LogP contribution in [-0.4, -0.2) is 40.7 Å². The van der Waals surface area contributed by atoms with Crippen molar-refractivity contribution in [2.24, 2.45) is 0 Å². The molecule has 1 aromatic heterocycles. The molecule has 0 radical (unpaired) electrons. The lowest BCUT2D eigenvalue weighted by molar-refractivity contribution is -0.115. The van der Waals surface area contributed by atoms with Crippen LogP contribution in [0.15, 0.2) is 67.0 Å². The number of amides is 2. The Balaban J connectivity index is 1.39. The number of benzene rings is 2. The number of nitrogens with zero attached hydrogens (tertiary/aromatic N) is 2. The summed E-state index contributed by atoms with van der Waals surface area (Å²) in [5.74, 6) is -0.191. The van der Waals surface area contributed by atoms with E-state index in [2.05, 4.69) is 21.0 Å². The van der Waals surface area contributed by atoms with Gasteiger partial charge in [-0.2, -0.15) is 5.10 Å². The van der Waals surface area contributed by atoms with Crippen LogP contribution in [0.3, 0.4) is 0 Å². The smallest absolute Gasteiger partial charge is 0.251 e. The summed E-state index contributed by atoms with van der Waals surface area (Å²) in [5.41, 5.74) is 2.91. The van der Waals surface area contributed by atoms with E-state index in [-0.39, 0.29) is 17.9 Å². The minimum atomic E-state index is -0.102. The van der Waals surface area contributed by atoms with E-state index in [1.165, 1.54) is 0 Å². The van der Waals surface area contributed by atoms with E-state index in [1.807, 2.05) is 42.5 Å². The van der Waals surface area contributed by atoms with Crippen LogP contribution < -0.4 is 16.0 Å². The van der Waals surface area contributed by atoms with Crippen molar-refractivity contribution >= 4 is 17.5 Å². The Kier molecular flexibility index (Phi) is 6.20. The van der Waals surface area contributed by atoms with Gasteiger partial charge in [-0.15, -0.1) is 0 Å². The maximum atomic E-state index is 12.6. The number of rotatable bonds is 6. The molecule has 0 spiro atoms. The summed E-state index contributed by atoms with van der Waals surface area (Å²) in [6.45, 7) is 1.81. The molecule has 1 saturated heterocycles. The molecule has 4 rings (SSSR count). The van der Waals surface area contributed by atoms with Crippen molar-refractivity contribution in [2.75, 3.05) is 18.4 Å². The second-order valence-electron chi connectivity index (χ2n) is 7.45. The van der Waals surface area contributed by atoms with Gasteiger partial charge in [-0.05, 0) is 43.1 Å². The molecule has 1 atom stereocenters.